The normalized spacial score (nSPS) is 21.9. The van der Waals surface area contributed by atoms with Crippen LogP contribution in [0, 0.1) is 11.3 Å². The summed E-state index contributed by atoms with van der Waals surface area (Å²) in [6.07, 6.45) is 7.81. The minimum atomic E-state index is -0.200. The number of morpholine rings is 1. The Morgan fingerprint density at radius 2 is 2.00 bits per heavy atom. The first-order valence-electron chi connectivity index (χ1n) is 6.60. The molecule has 0 spiro atoms. The van der Waals surface area contributed by atoms with Crippen molar-refractivity contribution in [2.45, 2.75) is 51.6 Å². The van der Waals surface area contributed by atoms with E-state index >= 15 is 0 Å². The highest BCUT2D eigenvalue weighted by molar-refractivity contribution is 4.89. The Labute approximate surface area is 99.4 Å². The number of hydrogen-bond donors (Lipinski definition) is 0. The number of unbranched alkanes of at least 4 members (excludes halogenated alkanes) is 5. The van der Waals surface area contributed by atoms with Gasteiger partial charge in [0.2, 0.25) is 0 Å². The van der Waals surface area contributed by atoms with Crippen LogP contribution in [-0.4, -0.2) is 37.2 Å². The first kappa shape index (κ1) is 13.5. The van der Waals surface area contributed by atoms with Crippen molar-refractivity contribution in [3.8, 4) is 6.07 Å². The second-order valence-corrected chi connectivity index (χ2v) is 4.56. The van der Waals surface area contributed by atoms with E-state index in [0.717, 1.165) is 19.6 Å². The van der Waals surface area contributed by atoms with E-state index in [2.05, 4.69) is 17.9 Å². The molecule has 3 heteroatoms. The fourth-order valence-corrected chi connectivity index (χ4v) is 2.10. The maximum absolute atomic E-state index is 8.78. The monoisotopic (exact) mass is 224 g/mol. The molecule has 1 unspecified atom stereocenters. The molecule has 0 aromatic rings. The van der Waals surface area contributed by atoms with Crippen LogP contribution in [0.4, 0.5) is 0 Å². The molecule has 0 amide bonds. The minimum Gasteiger partial charge on any atom is -0.361 e. The molecule has 1 saturated heterocycles. The second kappa shape index (κ2) is 8.55. The van der Waals surface area contributed by atoms with E-state index in [-0.39, 0.29) is 6.10 Å². The standard InChI is InChI=1S/C13H24N2O/c1-2-3-4-5-6-7-8-15-9-10-16-13(11-14)12-15/h13H,2-10,12H2,1H3. The van der Waals surface area contributed by atoms with Gasteiger partial charge in [0.1, 0.15) is 0 Å². The Hall–Kier alpha value is -0.590. The predicted molar refractivity (Wildman–Crippen MR) is 65.2 cm³/mol. The molecule has 1 atom stereocenters. The summed E-state index contributed by atoms with van der Waals surface area (Å²) >= 11 is 0. The van der Waals surface area contributed by atoms with Gasteiger partial charge >= 0.3 is 0 Å². The zero-order chi connectivity index (χ0) is 11.6. The van der Waals surface area contributed by atoms with Crippen molar-refractivity contribution in [1.29, 1.82) is 5.26 Å². The molecule has 0 N–H and O–H groups in total. The summed E-state index contributed by atoms with van der Waals surface area (Å²) in [6, 6.07) is 2.19. The fraction of sp³-hybridized carbons (Fsp3) is 0.923. The van der Waals surface area contributed by atoms with Gasteiger partial charge in [0.25, 0.3) is 0 Å². The van der Waals surface area contributed by atoms with Crippen LogP contribution < -0.4 is 0 Å². The van der Waals surface area contributed by atoms with Gasteiger partial charge in [-0.05, 0) is 13.0 Å². The van der Waals surface area contributed by atoms with Crippen LogP contribution in [0.2, 0.25) is 0 Å². The Morgan fingerprint density at radius 1 is 1.25 bits per heavy atom. The van der Waals surface area contributed by atoms with Crippen LogP contribution in [0.15, 0.2) is 0 Å². The Bertz CT molecular complexity index is 212. The number of ether oxygens (including phenoxy) is 1. The molecule has 3 nitrogen and oxygen atoms in total. The van der Waals surface area contributed by atoms with Crippen molar-refractivity contribution in [1.82, 2.24) is 4.90 Å². The van der Waals surface area contributed by atoms with Crippen molar-refractivity contribution in [2.75, 3.05) is 26.2 Å². The van der Waals surface area contributed by atoms with Crippen LogP contribution in [-0.2, 0) is 4.74 Å². The molecule has 1 aliphatic heterocycles. The zero-order valence-corrected chi connectivity index (χ0v) is 10.5. The molecule has 0 radical (unpaired) electrons. The minimum absolute atomic E-state index is 0.200. The third-order valence-corrected chi connectivity index (χ3v) is 3.12. The van der Waals surface area contributed by atoms with Crippen LogP contribution in [0.25, 0.3) is 0 Å². The lowest BCUT2D eigenvalue weighted by molar-refractivity contribution is 0.0000344. The van der Waals surface area contributed by atoms with Crippen LogP contribution in [0.3, 0.4) is 0 Å². The second-order valence-electron chi connectivity index (χ2n) is 4.56. The maximum Gasteiger partial charge on any atom is 0.156 e. The van der Waals surface area contributed by atoms with E-state index < -0.39 is 0 Å². The third kappa shape index (κ3) is 5.48. The molecule has 1 rings (SSSR count). The van der Waals surface area contributed by atoms with Crippen LogP contribution in [0.1, 0.15) is 45.4 Å². The van der Waals surface area contributed by atoms with Gasteiger partial charge < -0.3 is 4.74 Å². The molecule has 0 aromatic heterocycles. The Kier molecular flexibility index (Phi) is 7.20. The van der Waals surface area contributed by atoms with Crippen LogP contribution in [0.5, 0.6) is 0 Å². The van der Waals surface area contributed by atoms with Crippen molar-refractivity contribution in [2.24, 2.45) is 0 Å². The van der Waals surface area contributed by atoms with E-state index in [9.17, 15) is 0 Å². The molecule has 1 aliphatic rings. The van der Waals surface area contributed by atoms with Gasteiger partial charge in [-0.3, -0.25) is 4.90 Å². The molecule has 1 heterocycles. The number of nitriles is 1. The average Bonchev–Trinajstić information content (AvgIpc) is 2.34. The highest BCUT2D eigenvalue weighted by Crippen LogP contribution is 2.08. The van der Waals surface area contributed by atoms with E-state index in [1.165, 1.54) is 38.5 Å². The number of hydrogen-bond acceptors (Lipinski definition) is 3. The van der Waals surface area contributed by atoms with Crippen molar-refractivity contribution >= 4 is 0 Å². The molecule has 16 heavy (non-hydrogen) atoms. The lowest BCUT2D eigenvalue weighted by Gasteiger charge is -2.29. The lowest BCUT2D eigenvalue weighted by atomic mass is 10.1. The van der Waals surface area contributed by atoms with Crippen molar-refractivity contribution in [3.05, 3.63) is 0 Å². The summed E-state index contributed by atoms with van der Waals surface area (Å²) in [7, 11) is 0. The summed E-state index contributed by atoms with van der Waals surface area (Å²) in [4.78, 5) is 2.36. The largest absolute Gasteiger partial charge is 0.361 e. The van der Waals surface area contributed by atoms with Gasteiger partial charge in [-0.25, -0.2) is 0 Å². The van der Waals surface area contributed by atoms with Gasteiger partial charge in [-0.15, -0.1) is 0 Å². The summed E-state index contributed by atoms with van der Waals surface area (Å²) in [5.41, 5.74) is 0. The average molecular weight is 224 g/mol. The summed E-state index contributed by atoms with van der Waals surface area (Å²) in [5, 5.41) is 8.78. The van der Waals surface area contributed by atoms with Gasteiger partial charge in [0.15, 0.2) is 6.10 Å². The Morgan fingerprint density at radius 3 is 2.75 bits per heavy atom. The number of nitrogens with zero attached hydrogens (tertiary/aromatic N) is 2. The van der Waals surface area contributed by atoms with Crippen molar-refractivity contribution in [3.63, 3.8) is 0 Å². The summed E-state index contributed by atoms with van der Waals surface area (Å²) in [5.74, 6) is 0. The highest BCUT2D eigenvalue weighted by atomic mass is 16.5. The molecule has 1 fully saturated rings. The summed E-state index contributed by atoms with van der Waals surface area (Å²) < 4.78 is 5.31. The van der Waals surface area contributed by atoms with Gasteiger partial charge in [-0.1, -0.05) is 39.0 Å². The van der Waals surface area contributed by atoms with Gasteiger partial charge in [0.05, 0.1) is 12.7 Å². The van der Waals surface area contributed by atoms with Gasteiger partial charge in [-0.2, -0.15) is 5.26 Å². The molecular weight excluding hydrogens is 200 g/mol. The molecule has 0 saturated carbocycles. The fourth-order valence-electron chi connectivity index (χ4n) is 2.10. The molecule has 92 valence electrons. The summed E-state index contributed by atoms with van der Waals surface area (Å²) in [6.45, 7) is 5.89. The SMILES string of the molecule is CCCCCCCCN1CCOC(C#N)C1. The zero-order valence-electron chi connectivity index (χ0n) is 10.5. The lowest BCUT2D eigenvalue weighted by Crippen LogP contribution is -2.42. The molecule has 0 aromatic carbocycles. The molecular formula is C13H24N2O. The third-order valence-electron chi connectivity index (χ3n) is 3.12. The smallest absolute Gasteiger partial charge is 0.156 e. The Balaban J connectivity index is 1.98. The maximum atomic E-state index is 8.78. The molecule has 0 bridgehead atoms. The van der Waals surface area contributed by atoms with E-state index in [4.69, 9.17) is 10.00 Å². The first-order chi connectivity index (χ1) is 7.86. The first-order valence-corrected chi connectivity index (χ1v) is 6.60. The number of rotatable bonds is 7. The van der Waals surface area contributed by atoms with Crippen LogP contribution >= 0.6 is 0 Å². The van der Waals surface area contributed by atoms with Crippen molar-refractivity contribution < 1.29 is 4.74 Å². The predicted octanol–water partition coefficient (Wildman–Crippen LogP) is 2.57. The quantitative estimate of drug-likeness (QED) is 0.624. The van der Waals surface area contributed by atoms with Gasteiger partial charge in [0, 0.05) is 13.1 Å². The molecule has 0 aliphatic carbocycles. The topological polar surface area (TPSA) is 36.3 Å². The highest BCUT2D eigenvalue weighted by Gasteiger charge is 2.18. The van der Waals surface area contributed by atoms with E-state index in [1.807, 2.05) is 0 Å². The van der Waals surface area contributed by atoms with E-state index in [0.29, 0.717) is 6.61 Å². The van der Waals surface area contributed by atoms with E-state index in [1.54, 1.807) is 0 Å².